The molecule has 2 amide bonds. The largest absolute Gasteiger partial charge is 0.348 e. The SMILES string of the molecule is CCCCNC(=O)C(=O)Nc1ccc(C)c(Br)c1. The van der Waals surface area contributed by atoms with Gasteiger partial charge in [-0.2, -0.15) is 0 Å². The molecule has 98 valence electrons. The van der Waals surface area contributed by atoms with Gasteiger partial charge in [0.2, 0.25) is 0 Å². The van der Waals surface area contributed by atoms with Crippen molar-refractivity contribution in [3.8, 4) is 0 Å². The smallest absolute Gasteiger partial charge is 0.313 e. The summed E-state index contributed by atoms with van der Waals surface area (Å²) in [6, 6.07) is 5.40. The highest BCUT2D eigenvalue weighted by atomic mass is 79.9. The van der Waals surface area contributed by atoms with Gasteiger partial charge < -0.3 is 10.6 Å². The summed E-state index contributed by atoms with van der Waals surface area (Å²) >= 11 is 3.37. The molecule has 1 rings (SSSR count). The van der Waals surface area contributed by atoms with Crippen LogP contribution in [0, 0.1) is 6.92 Å². The number of hydrogen-bond acceptors (Lipinski definition) is 2. The van der Waals surface area contributed by atoms with Crippen molar-refractivity contribution in [2.45, 2.75) is 26.7 Å². The van der Waals surface area contributed by atoms with Gasteiger partial charge in [-0.05, 0) is 31.0 Å². The first-order valence-electron chi connectivity index (χ1n) is 5.90. The number of aryl methyl sites for hydroxylation is 1. The highest BCUT2D eigenvalue weighted by Gasteiger charge is 2.12. The number of amides is 2. The molecule has 0 radical (unpaired) electrons. The molecule has 1 aromatic rings. The van der Waals surface area contributed by atoms with Gasteiger partial charge in [-0.25, -0.2) is 0 Å². The number of nitrogens with one attached hydrogen (secondary N) is 2. The molecule has 0 bridgehead atoms. The van der Waals surface area contributed by atoms with Gasteiger partial charge >= 0.3 is 11.8 Å². The van der Waals surface area contributed by atoms with Crippen molar-refractivity contribution in [3.05, 3.63) is 28.2 Å². The third kappa shape index (κ3) is 4.49. The van der Waals surface area contributed by atoms with E-state index in [1.165, 1.54) is 0 Å². The maximum Gasteiger partial charge on any atom is 0.313 e. The maximum atomic E-state index is 11.6. The Kier molecular flexibility index (Phi) is 5.85. The molecule has 1 aromatic carbocycles. The molecule has 0 aliphatic heterocycles. The van der Waals surface area contributed by atoms with Crippen molar-refractivity contribution in [1.29, 1.82) is 0 Å². The molecule has 2 N–H and O–H groups in total. The molecule has 4 nitrogen and oxygen atoms in total. The van der Waals surface area contributed by atoms with E-state index in [0.29, 0.717) is 12.2 Å². The summed E-state index contributed by atoms with van der Waals surface area (Å²) < 4.78 is 0.895. The van der Waals surface area contributed by atoms with Gasteiger partial charge in [0.25, 0.3) is 0 Å². The van der Waals surface area contributed by atoms with Crippen LogP contribution >= 0.6 is 15.9 Å². The van der Waals surface area contributed by atoms with E-state index >= 15 is 0 Å². The Hall–Kier alpha value is -1.36. The fourth-order valence-electron chi connectivity index (χ4n) is 1.32. The molecule has 0 fully saturated rings. The monoisotopic (exact) mass is 312 g/mol. The van der Waals surface area contributed by atoms with Crippen LogP contribution in [0.2, 0.25) is 0 Å². The number of hydrogen-bond donors (Lipinski definition) is 2. The van der Waals surface area contributed by atoms with E-state index in [1.807, 2.05) is 19.9 Å². The fourth-order valence-corrected chi connectivity index (χ4v) is 1.70. The number of halogens is 1. The molecule has 18 heavy (non-hydrogen) atoms. The average Bonchev–Trinajstić information content (AvgIpc) is 2.34. The predicted octanol–water partition coefficient (Wildman–Crippen LogP) is 2.61. The topological polar surface area (TPSA) is 58.2 Å². The minimum Gasteiger partial charge on any atom is -0.348 e. The Morgan fingerprint density at radius 2 is 2.00 bits per heavy atom. The third-order valence-corrected chi connectivity index (χ3v) is 3.31. The molecular weight excluding hydrogens is 296 g/mol. The quantitative estimate of drug-likeness (QED) is 0.663. The normalized spacial score (nSPS) is 9.94. The zero-order valence-corrected chi connectivity index (χ0v) is 12.1. The van der Waals surface area contributed by atoms with Gasteiger partial charge in [-0.15, -0.1) is 0 Å². The molecule has 0 spiro atoms. The second-order valence-corrected chi connectivity index (χ2v) is 4.88. The van der Waals surface area contributed by atoms with E-state index in [0.717, 1.165) is 22.9 Å². The first kappa shape index (κ1) is 14.7. The number of carbonyl (C=O) groups excluding carboxylic acids is 2. The van der Waals surface area contributed by atoms with Crippen molar-refractivity contribution in [2.75, 3.05) is 11.9 Å². The Labute approximate surface area is 115 Å². The molecule has 0 aliphatic rings. The average molecular weight is 313 g/mol. The molecule has 0 unspecified atom stereocenters. The van der Waals surface area contributed by atoms with Crippen LogP contribution in [0.15, 0.2) is 22.7 Å². The van der Waals surface area contributed by atoms with E-state index in [-0.39, 0.29) is 0 Å². The maximum absolute atomic E-state index is 11.6. The van der Waals surface area contributed by atoms with Crippen LogP contribution in [0.25, 0.3) is 0 Å². The highest BCUT2D eigenvalue weighted by molar-refractivity contribution is 9.10. The molecule has 0 heterocycles. The third-order valence-electron chi connectivity index (χ3n) is 2.45. The Morgan fingerprint density at radius 3 is 2.61 bits per heavy atom. The van der Waals surface area contributed by atoms with E-state index in [9.17, 15) is 9.59 Å². The standard InChI is InChI=1S/C13H17BrN2O2/c1-3-4-7-15-12(17)13(18)16-10-6-5-9(2)11(14)8-10/h5-6,8H,3-4,7H2,1-2H3,(H,15,17)(H,16,18). The van der Waals surface area contributed by atoms with Crippen LogP contribution < -0.4 is 10.6 Å². The van der Waals surface area contributed by atoms with Crippen LogP contribution in [-0.4, -0.2) is 18.4 Å². The lowest BCUT2D eigenvalue weighted by Gasteiger charge is -2.07. The van der Waals surface area contributed by atoms with E-state index in [4.69, 9.17) is 0 Å². The van der Waals surface area contributed by atoms with Crippen LogP contribution in [0.4, 0.5) is 5.69 Å². The number of benzene rings is 1. The van der Waals surface area contributed by atoms with Crippen LogP contribution in [0.5, 0.6) is 0 Å². The van der Waals surface area contributed by atoms with Crippen molar-refractivity contribution in [2.24, 2.45) is 0 Å². The number of unbranched alkanes of at least 4 members (excludes halogenated alkanes) is 1. The zero-order chi connectivity index (χ0) is 13.5. The predicted molar refractivity (Wildman–Crippen MR) is 75.4 cm³/mol. The summed E-state index contributed by atoms with van der Waals surface area (Å²) in [5, 5.41) is 5.12. The first-order valence-corrected chi connectivity index (χ1v) is 6.69. The highest BCUT2D eigenvalue weighted by Crippen LogP contribution is 2.20. The van der Waals surface area contributed by atoms with Gasteiger partial charge in [0.05, 0.1) is 0 Å². The van der Waals surface area contributed by atoms with Crippen molar-refractivity contribution >= 4 is 33.4 Å². The molecule has 0 saturated carbocycles. The van der Waals surface area contributed by atoms with Crippen LogP contribution in [0.1, 0.15) is 25.3 Å². The van der Waals surface area contributed by atoms with E-state index < -0.39 is 11.8 Å². The molecule has 0 saturated heterocycles. The Bertz CT molecular complexity index is 447. The van der Waals surface area contributed by atoms with Gasteiger partial charge in [0.15, 0.2) is 0 Å². The summed E-state index contributed by atoms with van der Waals surface area (Å²) in [6.07, 6.45) is 1.85. The van der Waals surface area contributed by atoms with E-state index in [1.54, 1.807) is 12.1 Å². The summed E-state index contributed by atoms with van der Waals surface area (Å²) in [5.41, 5.74) is 1.67. The number of anilines is 1. The molecule has 0 aliphatic carbocycles. The lowest BCUT2D eigenvalue weighted by Crippen LogP contribution is -2.35. The summed E-state index contributed by atoms with van der Waals surface area (Å²) in [5.74, 6) is -1.23. The minimum atomic E-state index is -0.637. The fraction of sp³-hybridized carbons (Fsp3) is 0.385. The molecule has 5 heteroatoms. The van der Waals surface area contributed by atoms with Gasteiger partial charge in [-0.3, -0.25) is 9.59 Å². The van der Waals surface area contributed by atoms with E-state index in [2.05, 4.69) is 26.6 Å². The van der Waals surface area contributed by atoms with Gasteiger partial charge in [0, 0.05) is 16.7 Å². The van der Waals surface area contributed by atoms with Gasteiger partial charge in [-0.1, -0.05) is 35.3 Å². The zero-order valence-electron chi connectivity index (χ0n) is 10.5. The van der Waals surface area contributed by atoms with Crippen molar-refractivity contribution in [3.63, 3.8) is 0 Å². The Balaban J connectivity index is 2.53. The lowest BCUT2D eigenvalue weighted by molar-refractivity contribution is -0.136. The summed E-state index contributed by atoms with van der Waals surface area (Å²) in [4.78, 5) is 23.0. The van der Waals surface area contributed by atoms with Crippen molar-refractivity contribution in [1.82, 2.24) is 5.32 Å². The minimum absolute atomic E-state index is 0.528. The van der Waals surface area contributed by atoms with Crippen LogP contribution in [-0.2, 0) is 9.59 Å². The molecular formula is C13H17BrN2O2. The molecule has 0 atom stereocenters. The van der Waals surface area contributed by atoms with Crippen LogP contribution in [0.3, 0.4) is 0 Å². The number of rotatable bonds is 4. The van der Waals surface area contributed by atoms with Gasteiger partial charge in [0.1, 0.15) is 0 Å². The van der Waals surface area contributed by atoms with Crippen molar-refractivity contribution < 1.29 is 9.59 Å². The molecule has 0 aromatic heterocycles. The first-order chi connectivity index (χ1) is 8.54. The Morgan fingerprint density at radius 1 is 1.28 bits per heavy atom. The lowest BCUT2D eigenvalue weighted by atomic mass is 10.2. The second-order valence-electron chi connectivity index (χ2n) is 4.03. The second kappa shape index (κ2) is 7.16. The summed E-state index contributed by atoms with van der Waals surface area (Å²) in [6.45, 7) is 4.50. The number of carbonyl (C=O) groups is 2. The summed E-state index contributed by atoms with van der Waals surface area (Å²) in [7, 11) is 0.